The number of nitrogens with two attached hydrogens (primary N) is 1. The normalized spacial score (nSPS) is 10.6. The zero-order valence-electron chi connectivity index (χ0n) is 9.77. The molecule has 2 N–H and O–H groups in total. The summed E-state index contributed by atoms with van der Waals surface area (Å²) in [5.41, 5.74) is 10.2. The largest absolute Gasteiger partial charge is 0.396 e. The number of nitrogen functional groups attached to an aromatic ring is 1. The van der Waals surface area contributed by atoms with Crippen LogP contribution in [0.4, 0.5) is 5.69 Å². The lowest BCUT2D eigenvalue weighted by Crippen LogP contribution is -2.02. The predicted molar refractivity (Wildman–Crippen MR) is 66.2 cm³/mol. The van der Waals surface area contributed by atoms with Crippen LogP contribution in [0.5, 0.6) is 0 Å². The smallest absolute Gasteiger partial charge is 0.0825 e. The van der Waals surface area contributed by atoms with Crippen LogP contribution in [0.25, 0.3) is 0 Å². The number of anilines is 1. The molecular weight excluding hydrogens is 198 g/mol. The number of hydrogen-bond acceptors (Lipinski definition) is 2. The van der Waals surface area contributed by atoms with E-state index in [1.165, 1.54) is 5.56 Å². The fraction of sp³-hybridized carbons (Fsp3) is 0.308. The van der Waals surface area contributed by atoms with Crippen molar-refractivity contribution in [2.45, 2.75) is 19.8 Å². The van der Waals surface area contributed by atoms with Gasteiger partial charge < -0.3 is 5.73 Å². The zero-order chi connectivity index (χ0) is 11.5. The van der Waals surface area contributed by atoms with Crippen LogP contribution >= 0.6 is 0 Å². The Kier molecular flexibility index (Phi) is 2.95. The summed E-state index contributed by atoms with van der Waals surface area (Å²) in [5.74, 6) is 0. The van der Waals surface area contributed by atoms with E-state index in [2.05, 4.69) is 29.4 Å². The molecule has 0 aliphatic rings. The minimum absolute atomic E-state index is 0.832. The molecule has 0 aliphatic carbocycles. The van der Waals surface area contributed by atoms with Gasteiger partial charge in [-0.15, -0.1) is 0 Å². The number of benzene rings is 1. The van der Waals surface area contributed by atoms with Gasteiger partial charge in [-0.05, 0) is 25.3 Å². The molecule has 0 saturated carbocycles. The lowest BCUT2D eigenvalue weighted by atomic mass is 10.1. The molecule has 0 spiro atoms. The molecule has 3 nitrogen and oxygen atoms in total. The lowest BCUT2D eigenvalue weighted by Gasteiger charge is -2.03. The molecule has 2 aromatic rings. The molecule has 0 saturated heterocycles. The molecule has 1 heterocycles. The van der Waals surface area contributed by atoms with Crippen molar-refractivity contribution in [3.8, 4) is 0 Å². The third-order valence-electron chi connectivity index (χ3n) is 2.88. The molecule has 2 rings (SSSR count). The fourth-order valence-corrected chi connectivity index (χ4v) is 1.93. The van der Waals surface area contributed by atoms with E-state index in [1.54, 1.807) is 0 Å². The van der Waals surface area contributed by atoms with Gasteiger partial charge in [-0.1, -0.05) is 30.3 Å². The Balaban J connectivity index is 2.11. The van der Waals surface area contributed by atoms with Crippen LogP contribution in [-0.4, -0.2) is 9.78 Å². The first kappa shape index (κ1) is 10.7. The molecule has 3 heteroatoms. The van der Waals surface area contributed by atoms with Crippen LogP contribution in [0.3, 0.4) is 0 Å². The number of rotatable bonds is 3. The van der Waals surface area contributed by atoms with Gasteiger partial charge in [-0.25, -0.2) is 0 Å². The van der Waals surface area contributed by atoms with Gasteiger partial charge in [0.1, 0.15) is 0 Å². The van der Waals surface area contributed by atoms with Gasteiger partial charge in [0, 0.05) is 7.05 Å². The minimum atomic E-state index is 0.832. The zero-order valence-corrected chi connectivity index (χ0v) is 9.77. The molecule has 1 aromatic carbocycles. The maximum atomic E-state index is 5.98. The van der Waals surface area contributed by atoms with Gasteiger partial charge in [0.25, 0.3) is 0 Å². The summed E-state index contributed by atoms with van der Waals surface area (Å²) in [6.45, 7) is 1.95. The molecule has 0 bridgehead atoms. The number of nitrogens with zero attached hydrogens (tertiary/aromatic N) is 2. The van der Waals surface area contributed by atoms with E-state index >= 15 is 0 Å². The van der Waals surface area contributed by atoms with E-state index in [0.29, 0.717) is 0 Å². The molecule has 0 fully saturated rings. The summed E-state index contributed by atoms with van der Waals surface area (Å²) in [5, 5.41) is 4.31. The SMILES string of the molecule is Cc1nn(C)c(CCc2ccccc2)c1N. The third-order valence-corrected chi connectivity index (χ3v) is 2.88. The first-order chi connectivity index (χ1) is 7.68. The maximum Gasteiger partial charge on any atom is 0.0825 e. The average Bonchev–Trinajstić information content (AvgIpc) is 2.53. The number of aryl methyl sites for hydroxylation is 3. The van der Waals surface area contributed by atoms with Crippen LogP contribution in [0.1, 0.15) is 17.0 Å². The topological polar surface area (TPSA) is 43.8 Å². The van der Waals surface area contributed by atoms with E-state index in [-0.39, 0.29) is 0 Å². The highest BCUT2D eigenvalue weighted by atomic mass is 15.3. The van der Waals surface area contributed by atoms with E-state index in [4.69, 9.17) is 5.73 Å². The average molecular weight is 215 g/mol. The van der Waals surface area contributed by atoms with Gasteiger partial charge >= 0.3 is 0 Å². The molecule has 0 amide bonds. The highest BCUT2D eigenvalue weighted by Gasteiger charge is 2.09. The minimum Gasteiger partial charge on any atom is -0.396 e. The molecule has 16 heavy (non-hydrogen) atoms. The van der Waals surface area contributed by atoms with Crippen LogP contribution in [0, 0.1) is 6.92 Å². The Morgan fingerprint density at radius 1 is 1.19 bits per heavy atom. The van der Waals surface area contributed by atoms with Crippen molar-refractivity contribution in [2.75, 3.05) is 5.73 Å². The van der Waals surface area contributed by atoms with Crippen molar-refractivity contribution >= 4 is 5.69 Å². The molecule has 0 unspecified atom stereocenters. The van der Waals surface area contributed by atoms with E-state index in [1.807, 2.05) is 24.7 Å². The van der Waals surface area contributed by atoms with Crippen molar-refractivity contribution < 1.29 is 0 Å². The monoisotopic (exact) mass is 215 g/mol. The summed E-state index contributed by atoms with van der Waals surface area (Å²) in [6.07, 6.45) is 1.94. The molecule has 0 aliphatic heterocycles. The first-order valence-corrected chi connectivity index (χ1v) is 5.50. The van der Waals surface area contributed by atoms with Crippen molar-refractivity contribution in [1.82, 2.24) is 9.78 Å². The van der Waals surface area contributed by atoms with Crippen LogP contribution in [-0.2, 0) is 19.9 Å². The van der Waals surface area contributed by atoms with Crippen LogP contribution in [0.2, 0.25) is 0 Å². The molecular formula is C13H17N3. The van der Waals surface area contributed by atoms with Crippen molar-refractivity contribution in [3.63, 3.8) is 0 Å². The lowest BCUT2D eigenvalue weighted by molar-refractivity contribution is 0.698. The fourth-order valence-electron chi connectivity index (χ4n) is 1.93. The van der Waals surface area contributed by atoms with E-state index < -0.39 is 0 Å². The van der Waals surface area contributed by atoms with Gasteiger partial charge in [0.05, 0.1) is 17.1 Å². The van der Waals surface area contributed by atoms with E-state index in [0.717, 1.165) is 29.9 Å². The number of hydrogen-bond donors (Lipinski definition) is 1. The highest BCUT2D eigenvalue weighted by Crippen LogP contribution is 2.17. The van der Waals surface area contributed by atoms with E-state index in [9.17, 15) is 0 Å². The summed E-state index contributed by atoms with van der Waals surface area (Å²) in [6, 6.07) is 10.4. The first-order valence-electron chi connectivity index (χ1n) is 5.50. The Labute approximate surface area is 95.9 Å². The third kappa shape index (κ3) is 2.08. The van der Waals surface area contributed by atoms with Crippen molar-refractivity contribution in [2.24, 2.45) is 7.05 Å². The second-order valence-electron chi connectivity index (χ2n) is 4.05. The molecule has 84 valence electrons. The predicted octanol–water partition coefficient (Wildman–Crippen LogP) is 2.10. The summed E-state index contributed by atoms with van der Waals surface area (Å²) in [4.78, 5) is 0. The highest BCUT2D eigenvalue weighted by molar-refractivity contribution is 5.47. The Morgan fingerprint density at radius 2 is 1.88 bits per heavy atom. The Bertz CT molecular complexity index is 471. The quantitative estimate of drug-likeness (QED) is 0.852. The van der Waals surface area contributed by atoms with Gasteiger partial charge in [0.2, 0.25) is 0 Å². The molecule has 1 aromatic heterocycles. The Morgan fingerprint density at radius 3 is 2.44 bits per heavy atom. The Hall–Kier alpha value is -1.77. The van der Waals surface area contributed by atoms with Crippen molar-refractivity contribution in [1.29, 1.82) is 0 Å². The maximum absolute atomic E-state index is 5.98. The van der Waals surface area contributed by atoms with Crippen molar-refractivity contribution in [3.05, 3.63) is 47.3 Å². The van der Waals surface area contributed by atoms with Crippen LogP contribution < -0.4 is 5.73 Å². The standard InChI is InChI=1S/C13H17N3/c1-10-13(14)12(16(2)15-10)9-8-11-6-4-3-5-7-11/h3-7H,8-9,14H2,1-2H3. The van der Waals surface area contributed by atoms with Crippen LogP contribution in [0.15, 0.2) is 30.3 Å². The summed E-state index contributed by atoms with van der Waals surface area (Å²) >= 11 is 0. The second kappa shape index (κ2) is 4.39. The molecule has 0 atom stereocenters. The second-order valence-corrected chi connectivity index (χ2v) is 4.05. The number of aromatic nitrogens is 2. The summed E-state index contributed by atoms with van der Waals surface area (Å²) in [7, 11) is 1.95. The van der Waals surface area contributed by atoms with Gasteiger partial charge in [0.15, 0.2) is 0 Å². The molecule has 0 radical (unpaired) electrons. The van der Waals surface area contributed by atoms with Gasteiger partial charge in [-0.3, -0.25) is 4.68 Å². The summed E-state index contributed by atoms with van der Waals surface area (Å²) < 4.78 is 1.88. The van der Waals surface area contributed by atoms with Gasteiger partial charge in [-0.2, -0.15) is 5.10 Å².